The van der Waals surface area contributed by atoms with E-state index in [0.29, 0.717) is 5.69 Å². The Morgan fingerprint density at radius 2 is 2.07 bits per heavy atom. The summed E-state index contributed by atoms with van der Waals surface area (Å²) in [7, 11) is 0. The number of hydrogen-bond donors (Lipinski definition) is 1. The van der Waals surface area contributed by atoms with E-state index in [1.807, 2.05) is 6.07 Å². The van der Waals surface area contributed by atoms with Crippen LogP contribution in [0, 0.1) is 0 Å². The highest BCUT2D eigenvalue weighted by molar-refractivity contribution is 9.10. The van der Waals surface area contributed by atoms with E-state index < -0.39 is 0 Å². The van der Waals surface area contributed by atoms with Crippen molar-refractivity contribution >= 4 is 33.2 Å². The first-order chi connectivity index (χ1) is 14.3. The SMILES string of the molecule is CCC(Oc1cc(Br)cc2c1OC(C)(C)C2)N1CCN(c2cn[nH]c(=O)c2Cl)CC1. The maximum atomic E-state index is 11.7. The smallest absolute Gasteiger partial charge is 0.285 e. The Kier molecular flexibility index (Phi) is 6.01. The molecule has 2 aromatic rings. The number of ether oxygens (including phenoxy) is 2. The lowest BCUT2D eigenvalue weighted by atomic mass is 10.0. The molecule has 1 atom stereocenters. The van der Waals surface area contributed by atoms with Crippen LogP contribution in [0.15, 0.2) is 27.6 Å². The van der Waals surface area contributed by atoms with Crippen LogP contribution in [0.5, 0.6) is 11.5 Å². The maximum absolute atomic E-state index is 11.7. The number of aromatic amines is 1. The normalized spacial score (nSPS) is 19.3. The monoisotopic (exact) mass is 496 g/mol. The number of fused-ring (bicyclic) bond motifs is 1. The molecule has 162 valence electrons. The van der Waals surface area contributed by atoms with Gasteiger partial charge in [-0.3, -0.25) is 9.69 Å². The van der Waals surface area contributed by atoms with Crippen LogP contribution in [0.1, 0.15) is 32.8 Å². The van der Waals surface area contributed by atoms with Gasteiger partial charge in [0.05, 0.1) is 11.9 Å². The van der Waals surface area contributed by atoms with E-state index in [4.69, 9.17) is 21.1 Å². The summed E-state index contributed by atoms with van der Waals surface area (Å²) >= 11 is 9.78. The van der Waals surface area contributed by atoms with Crippen LogP contribution in [-0.4, -0.2) is 53.1 Å². The van der Waals surface area contributed by atoms with Crippen molar-refractivity contribution in [3.8, 4) is 11.5 Å². The lowest BCUT2D eigenvalue weighted by Crippen LogP contribution is -2.52. The molecule has 7 nitrogen and oxygen atoms in total. The number of rotatable bonds is 5. The van der Waals surface area contributed by atoms with Gasteiger partial charge in [0, 0.05) is 42.6 Å². The molecule has 1 aromatic carbocycles. The highest BCUT2D eigenvalue weighted by atomic mass is 79.9. The topological polar surface area (TPSA) is 70.7 Å². The van der Waals surface area contributed by atoms with Gasteiger partial charge in [-0.25, -0.2) is 5.10 Å². The summed E-state index contributed by atoms with van der Waals surface area (Å²) in [6.07, 6.45) is 3.25. The summed E-state index contributed by atoms with van der Waals surface area (Å²) in [6, 6.07) is 4.09. The minimum absolute atomic E-state index is 0.0642. The number of anilines is 1. The number of halogens is 2. The van der Waals surface area contributed by atoms with Crippen molar-refractivity contribution in [2.45, 2.75) is 45.4 Å². The third-order valence-corrected chi connectivity index (χ3v) is 6.37. The summed E-state index contributed by atoms with van der Waals surface area (Å²) in [5, 5.41) is 6.43. The van der Waals surface area contributed by atoms with Gasteiger partial charge in [-0.05, 0) is 32.4 Å². The summed E-state index contributed by atoms with van der Waals surface area (Å²) in [5.41, 5.74) is 1.25. The van der Waals surface area contributed by atoms with Crippen molar-refractivity contribution in [2.75, 3.05) is 31.1 Å². The fraction of sp³-hybridized carbons (Fsp3) is 0.524. The molecular formula is C21H26BrClN4O3. The molecule has 0 amide bonds. The molecule has 0 radical (unpaired) electrons. The molecule has 1 N–H and O–H groups in total. The van der Waals surface area contributed by atoms with Crippen molar-refractivity contribution in [1.82, 2.24) is 15.1 Å². The molecule has 2 aliphatic heterocycles. The molecule has 1 aromatic heterocycles. The first-order valence-electron chi connectivity index (χ1n) is 10.2. The van der Waals surface area contributed by atoms with Crippen molar-refractivity contribution in [2.24, 2.45) is 0 Å². The second-order valence-electron chi connectivity index (χ2n) is 8.33. The van der Waals surface area contributed by atoms with E-state index in [1.165, 1.54) is 5.56 Å². The predicted octanol–water partition coefficient (Wildman–Crippen LogP) is 3.84. The van der Waals surface area contributed by atoms with E-state index in [2.05, 4.69) is 62.8 Å². The van der Waals surface area contributed by atoms with Crippen molar-refractivity contribution in [1.29, 1.82) is 0 Å². The van der Waals surface area contributed by atoms with E-state index in [0.717, 1.165) is 55.0 Å². The van der Waals surface area contributed by atoms with Crippen LogP contribution >= 0.6 is 27.5 Å². The summed E-state index contributed by atoms with van der Waals surface area (Å²) < 4.78 is 13.6. The number of nitrogens with zero attached hydrogens (tertiary/aromatic N) is 3. The van der Waals surface area contributed by atoms with Crippen LogP contribution in [0.2, 0.25) is 5.02 Å². The molecule has 0 saturated carbocycles. The molecule has 3 heterocycles. The van der Waals surface area contributed by atoms with Crippen molar-refractivity contribution in [3.05, 3.63) is 43.7 Å². The van der Waals surface area contributed by atoms with E-state index in [1.54, 1.807) is 6.20 Å². The molecule has 4 rings (SSSR count). The average Bonchev–Trinajstić information content (AvgIpc) is 3.02. The third-order valence-electron chi connectivity index (χ3n) is 5.54. The Hall–Kier alpha value is -1.77. The molecule has 9 heteroatoms. The second kappa shape index (κ2) is 8.40. The highest BCUT2D eigenvalue weighted by Crippen LogP contribution is 2.44. The van der Waals surface area contributed by atoms with E-state index in [9.17, 15) is 4.79 Å². The number of aromatic nitrogens is 2. The van der Waals surface area contributed by atoms with Crippen LogP contribution in [0.25, 0.3) is 0 Å². The standard InChI is InChI=1S/C21H26BrClN4O3/c1-4-17(29-16-10-14(22)9-13-11-21(2,3)30-19(13)16)27-7-5-26(6-8-27)15-12-24-25-20(28)18(15)23/h9-10,12,17H,4-8,11H2,1-3H3,(H,25,28). The number of benzene rings is 1. The molecule has 1 unspecified atom stereocenters. The highest BCUT2D eigenvalue weighted by Gasteiger charge is 2.34. The van der Waals surface area contributed by atoms with Gasteiger partial charge in [0.1, 0.15) is 10.6 Å². The number of nitrogens with one attached hydrogen (secondary N) is 1. The fourth-order valence-electron chi connectivity index (χ4n) is 4.14. The zero-order chi connectivity index (χ0) is 21.5. The molecule has 30 heavy (non-hydrogen) atoms. The zero-order valence-corrected chi connectivity index (χ0v) is 19.7. The minimum Gasteiger partial charge on any atom is -0.483 e. The van der Waals surface area contributed by atoms with E-state index in [-0.39, 0.29) is 22.4 Å². The molecule has 1 fully saturated rings. The van der Waals surface area contributed by atoms with Gasteiger partial charge >= 0.3 is 0 Å². The van der Waals surface area contributed by atoms with Gasteiger partial charge in [0.25, 0.3) is 5.56 Å². The van der Waals surface area contributed by atoms with Gasteiger partial charge < -0.3 is 14.4 Å². The summed E-state index contributed by atoms with van der Waals surface area (Å²) in [6.45, 7) is 9.38. The van der Waals surface area contributed by atoms with Crippen molar-refractivity contribution in [3.63, 3.8) is 0 Å². The molecule has 0 aliphatic carbocycles. The Labute approximate surface area is 189 Å². The van der Waals surface area contributed by atoms with Crippen LogP contribution in [-0.2, 0) is 6.42 Å². The average molecular weight is 498 g/mol. The number of hydrogen-bond acceptors (Lipinski definition) is 6. The van der Waals surface area contributed by atoms with Crippen molar-refractivity contribution < 1.29 is 9.47 Å². The van der Waals surface area contributed by atoms with Crippen LogP contribution in [0.4, 0.5) is 5.69 Å². The lowest BCUT2D eigenvalue weighted by molar-refractivity contribution is 0.0145. The minimum atomic E-state index is -0.363. The van der Waals surface area contributed by atoms with Gasteiger partial charge in [-0.15, -0.1) is 0 Å². The maximum Gasteiger partial charge on any atom is 0.285 e. The Bertz CT molecular complexity index is 989. The molecule has 2 aliphatic rings. The fourth-order valence-corrected chi connectivity index (χ4v) is 4.83. The molecule has 0 spiro atoms. The Morgan fingerprint density at radius 1 is 1.33 bits per heavy atom. The van der Waals surface area contributed by atoms with Crippen LogP contribution in [0.3, 0.4) is 0 Å². The third kappa shape index (κ3) is 4.31. The Balaban J connectivity index is 1.47. The Morgan fingerprint density at radius 3 is 2.77 bits per heavy atom. The number of H-pyrrole nitrogens is 1. The first-order valence-corrected chi connectivity index (χ1v) is 11.3. The predicted molar refractivity (Wildman–Crippen MR) is 121 cm³/mol. The summed E-state index contributed by atoms with van der Waals surface area (Å²) in [5.74, 6) is 1.63. The second-order valence-corrected chi connectivity index (χ2v) is 9.63. The largest absolute Gasteiger partial charge is 0.483 e. The van der Waals surface area contributed by atoms with E-state index >= 15 is 0 Å². The van der Waals surface area contributed by atoms with Gasteiger partial charge in [0.2, 0.25) is 0 Å². The molecule has 0 bridgehead atoms. The van der Waals surface area contributed by atoms with Gasteiger partial charge in [0.15, 0.2) is 17.7 Å². The lowest BCUT2D eigenvalue weighted by Gasteiger charge is -2.39. The van der Waals surface area contributed by atoms with Gasteiger partial charge in [-0.2, -0.15) is 5.10 Å². The first kappa shape index (κ1) is 21.5. The zero-order valence-electron chi connectivity index (χ0n) is 17.4. The van der Waals surface area contributed by atoms with Crippen LogP contribution < -0.4 is 19.9 Å². The number of piperazine rings is 1. The molecular weight excluding hydrogens is 472 g/mol. The molecule has 1 saturated heterocycles. The van der Waals surface area contributed by atoms with Gasteiger partial charge in [-0.1, -0.05) is 34.5 Å². The quantitative estimate of drug-likeness (QED) is 0.677. The summed E-state index contributed by atoms with van der Waals surface area (Å²) in [4.78, 5) is 16.2.